The molecule has 0 aliphatic carbocycles. The van der Waals surface area contributed by atoms with Crippen LogP contribution in [0.5, 0.6) is 5.75 Å². The number of carbonyl (C=O) groups is 2. The molecular weight excluding hydrogens is 608 g/mol. The van der Waals surface area contributed by atoms with Crippen LogP contribution in [-0.4, -0.2) is 65.8 Å². The highest BCUT2D eigenvalue weighted by Crippen LogP contribution is 2.34. The van der Waals surface area contributed by atoms with Crippen molar-refractivity contribution >= 4 is 43.4 Å². The zero-order chi connectivity index (χ0) is 31.9. The molecule has 1 aliphatic heterocycles. The van der Waals surface area contributed by atoms with Gasteiger partial charge in [-0.2, -0.15) is 0 Å². The van der Waals surface area contributed by atoms with Gasteiger partial charge in [0, 0.05) is 34.8 Å². The van der Waals surface area contributed by atoms with E-state index in [-0.39, 0.29) is 18.2 Å². The second-order valence-electron chi connectivity index (χ2n) is 10.8. The first kappa shape index (κ1) is 32.1. The minimum absolute atomic E-state index is 0.115. The van der Waals surface area contributed by atoms with Gasteiger partial charge < -0.3 is 20.2 Å². The van der Waals surface area contributed by atoms with Gasteiger partial charge in [-0.1, -0.05) is 35.9 Å². The maximum absolute atomic E-state index is 12.7. The van der Waals surface area contributed by atoms with Crippen LogP contribution >= 0.6 is 11.6 Å². The molecule has 0 fully saturated rings. The van der Waals surface area contributed by atoms with E-state index < -0.39 is 15.1 Å². The van der Waals surface area contributed by atoms with Gasteiger partial charge in [0.05, 0.1) is 24.4 Å². The van der Waals surface area contributed by atoms with Gasteiger partial charge in [-0.25, -0.2) is 0 Å². The van der Waals surface area contributed by atoms with Crippen LogP contribution in [0.3, 0.4) is 0 Å². The fourth-order valence-corrected chi connectivity index (χ4v) is 5.94. The Bertz CT molecular complexity index is 1690. The number of hydrogen-bond donors (Lipinski definition) is 3. The second kappa shape index (κ2) is 14.6. The summed E-state index contributed by atoms with van der Waals surface area (Å²) in [5.41, 5.74) is 3.80. The van der Waals surface area contributed by atoms with E-state index in [1.807, 2.05) is 60.9 Å². The van der Waals surface area contributed by atoms with Gasteiger partial charge in [0.15, 0.2) is 5.82 Å². The molecule has 0 bridgehead atoms. The van der Waals surface area contributed by atoms with Crippen LogP contribution < -0.4 is 20.6 Å². The Morgan fingerprint density at radius 2 is 1.78 bits per heavy atom. The minimum atomic E-state index is -1.53. The molecule has 4 aromatic rings. The van der Waals surface area contributed by atoms with Crippen LogP contribution in [0.4, 0.5) is 0 Å². The lowest BCUT2D eigenvalue weighted by Crippen LogP contribution is -2.28. The molecular formula is C33H36ClN6O4Si. The average Bonchev–Trinajstić information content (AvgIpc) is 3.36. The molecule has 1 radical (unpaired) electrons. The topological polar surface area (TPSA) is 131 Å². The SMILES string of the molecule is CCNC(=O)C[C@@H]1N=C(c2ccc(Cl)cc2)c2cc(OCCCCNC(=O)c3ccc([Si](C)O)cc3)ccc2-n2c(C)nnc21. The lowest BCUT2D eigenvalue weighted by molar-refractivity contribution is -0.121. The summed E-state index contributed by atoms with van der Waals surface area (Å²) in [5, 5.41) is 16.0. The third-order valence-electron chi connectivity index (χ3n) is 7.46. The van der Waals surface area contributed by atoms with Crippen molar-refractivity contribution in [2.24, 2.45) is 4.99 Å². The van der Waals surface area contributed by atoms with Crippen molar-refractivity contribution < 1.29 is 19.1 Å². The zero-order valence-electron chi connectivity index (χ0n) is 25.5. The molecule has 5 rings (SSSR count). The standard InChI is InChI=1S/C33H36ClN6O4Si/c1-4-35-30(41)20-28-32-39-38-21(2)40(32)29-16-13-25(19-27(29)31(37-28)22-7-11-24(34)12-8-22)44-18-6-5-17-36-33(42)23-9-14-26(15-10-23)45(3)43/h7-16,19,28,43H,4-6,17-18,20H2,1-3H3,(H,35,41)(H,36,42)/t28-/m0/s1. The summed E-state index contributed by atoms with van der Waals surface area (Å²) in [6, 6.07) is 19.8. The third-order valence-corrected chi connectivity index (χ3v) is 8.88. The molecule has 2 heterocycles. The van der Waals surface area contributed by atoms with Crippen LogP contribution in [0.15, 0.2) is 71.7 Å². The molecule has 1 aliphatic rings. The Morgan fingerprint density at radius 3 is 2.49 bits per heavy atom. The minimum Gasteiger partial charge on any atom is -0.494 e. The molecule has 0 spiro atoms. The van der Waals surface area contributed by atoms with E-state index in [0.29, 0.717) is 53.4 Å². The highest BCUT2D eigenvalue weighted by atomic mass is 35.5. The Kier molecular flexibility index (Phi) is 10.4. The normalized spacial score (nSPS) is 13.8. The number of rotatable bonds is 12. The molecule has 1 aromatic heterocycles. The van der Waals surface area contributed by atoms with Crippen LogP contribution in [0.1, 0.15) is 65.4 Å². The molecule has 12 heteroatoms. The van der Waals surface area contributed by atoms with Gasteiger partial charge in [-0.15, -0.1) is 10.2 Å². The Morgan fingerprint density at radius 1 is 1.02 bits per heavy atom. The van der Waals surface area contributed by atoms with Gasteiger partial charge in [-0.3, -0.25) is 19.1 Å². The number of aryl methyl sites for hydroxylation is 1. The first-order valence-electron chi connectivity index (χ1n) is 15.0. The number of aromatic nitrogens is 3. The van der Waals surface area contributed by atoms with Gasteiger partial charge >= 0.3 is 0 Å². The van der Waals surface area contributed by atoms with Crippen LogP contribution in [-0.2, 0) is 4.79 Å². The molecule has 3 aromatic carbocycles. The fraction of sp³-hybridized carbons (Fsp3) is 0.303. The van der Waals surface area contributed by atoms with Crippen LogP contribution in [0, 0.1) is 6.92 Å². The Balaban J connectivity index is 1.30. The number of halogens is 1. The smallest absolute Gasteiger partial charge is 0.251 e. The van der Waals surface area contributed by atoms with Crippen molar-refractivity contribution in [2.75, 3.05) is 19.7 Å². The van der Waals surface area contributed by atoms with E-state index in [9.17, 15) is 14.4 Å². The molecule has 0 unspecified atom stereocenters. The largest absolute Gasteiger partial charge is 0.494 e. The van der Waals surface area contributed by atoms with Crippen molar-refractivity contribution in [3.63, 3.8) is 0 Å². The highest BCUT2D eigenvalue weighted by molar-refractivity contribution is 6.64. The first-order chi connectivity index (χ1) is 21.7. The van der Waals surface area contributed by atoms with E-state index in [1.165, 1.54) is 0 Å². The number of nitrogens with one attached hydrogen (secondary N) is 2. The first-order valence-corrected chi connectivity index (χ1v) is 17.3. The summed E-state index contributed by atoms with van der Waals surface area (Å²) in [7, 11) is -1.53. The number of nitrogens with zero attached hydrogens (tertiary/aromatic N) is 4. The van der Waals surface area contributed by atoms with Gasteiger partial charge in [0.1, 0.15) is 17.6 Å². The van der Waals surface area contributed by atoms with Crippen molar-refractivity contribution in [2.45, 2.75) is 45.7 Å². The van der Waals surface area contributed by atoms with Crippen molar-refractivity contribution in [1.82, 2.24) is 25.4 Å². The molecule has 233 valence electrons. The molecule has 10 nitrogen and oxygen atoms in total. The zero-order valence-corrected chi connectivity index (χ0v) is 27.3. The number of benzene rings is 3. The monoisotopic (exact) mass is 643 g/mol. The van der Waals surface area contributed by atoms with Crippen molar-refractivity contribution in [1.29, 1.82) is 0 Å². The number of carbonyl (C=O) groups excluding carboxylic acids is 2. The van der Waals surface area contributed by atoms with E-state index in [0.717, 1.165) is 34.8 Å². The van der Waals surface area contributed by atoms with E-state index >= 15 is 0 Å². The number of unbranched alkanes of at least 4 members (excludes halogenated alkanes) is 1. The average molecular weight is 644 g/mol. The van der Waals surface area contributed by atoms with Gasteiger partial charge in [-0.05, 0) is 80.9 Å². The summed E-state index contributed by atoms with van der Waals surface area (Å²) in [6.07, 6.45) is 1.62. The van der Waals surface area contributed by atoms with E-state index in [2.05, 4.69) is 20.8 Å². The van der Waals surface area contributed by atoms with Gasteiger partial charge in [0.25, 0.3) is 5.91 Å². The lowest BCUT2D eigenvalue weighted by atomic mass is 10.00. The second-order valence-corrected chi connectivity index (χ2v) is 12.9. The summed E-state index contributed by atoms with van der Waals surface area (Å²) >= 11 is 6.21. The van der Waals surface area contributed by atoms with Crippen molar-refractivity contribution in [3.05, 3.63) is 100 Å². The number of ether oxygens (including phenoxy) is 1. The van der Waals surface area contributed by atoms with Crippen LogP contribution in [0.25, 0.3) is 5.69 Å². The number of aliphatic imine (C=N–C) groups is 1. The third kappa shape index (κ3) is 7.67. The maximum atomic E-state index is 12.7. The van der Waals surface area contributed by atoms with Crippen LogP contribution in [0.2, 0.25) is 11.6 Å². The predicted octanol–water partition coefficient (Wildman–Crippen LogP) is 4.06. The van der Waals surface area contributed by atoms with E-state index in [4.69, 9.17) is 21.3 Å². The predicted molar refractivity (Wildman–Crippen MR) is 176 cm³/mol. The van der Waals surface area contributed by atoms with Crippen molar-refractivity contribution in [3.8, 4) is 11.4 Å². The molecule has 3 N–H and O–H groups in total. The number of fused-ring (bicyclic) bond motifs is 3. The fourth-order valence-electron chi connectivity index (χ4n) is 5.17. The molecule has 0 saturated heterocycles. The Labute approximate surface area is 269 Å². The van der Waals surface area contributed by atoms with Gasteiger partial charge in [0.2, 0.25) is 14.9 Å². The number of amides is 2. The maximum Gasteiger partial charge on any atom is 0.251 e. The molecule has 1 atom stereocenters. The summed E-state index contributed by atoms with van der Waals surface area (Å²) in [4.78, 5) is 40.0. The quantitative estimate of drug-likeness (QED) is 0.158. The summed E-state index contributed by atoms with van der Waals surface area (Å²) in [5.74, 6) is 1.71. The molecule has 0 saturated carbocycles. The lowest BCUT2D eigenvalue weighted by Gasteiger charge is -2.15. The molecule has 2 amide bonds. The summed E-state index contributed by atoms with van der Waals surface area (Å²) < 4.78 is 8.11. The molecule has 45 heavy (non-hydrogen) atoms. The van der Waals surface area contributed by atoms with E-state index in [1.54, 1.807) is 30.8 Å². The highest BCUT2D eigenvalue weighted by Gasteiger charge is 2.30. The summed E-state index contributed by atoms with van der Waals surface area (Å²) in [6.45, 7) is 7.06. The Hall–Kier alpha value is -4.32. The number of hydrogen-bond acceptors (Lipinski definition) is 7.